The number of para-hydroxylation sites is 1. The van der Waals surface area contributed by atoms with Crippen LogP contribution in [0, 0.1) is 0 Å². The van der Waals surface area contributed by atoms with Crippen LogP contribution in [0.25, 0.3) is 10.9 Å². The predicted octanol–water partition coefficient (Wildman–Crippen LogP) is 3.85. The molecule has 6 nitrogen and oxygen atoms in total. The number of aromatic nitrogens is 1. The molecule has 0 radical (unpaired) electrons. The summed E-state index contributed by atoms with van der Waals surface area (Å²) >= 11 is 0. The molecule has 1 aromatic heterocycles. The summed E-state index contributed by atoms with van der Waals surface area (Å²) in [6, 6.07) is 17.7. The maximum Gasteiger partial charge on any atom is 0.253 e. The highest BCUT2D eigenvalue weighted by molar-refractivity contribution is 5.94. The lowest BCUT2D eigenvalue weighted by Gasteiger charge is -2.32. The Morgan fingerprint density at radius 2 is 1.77 bits per heavy atom. The van der Waals surface area contributed by atoms with E-state index in [1.807, 2.05) is 54.4 Å². The quantitative estimate of drug-likeness (QED) is 0.633. The second-order valence-electron chi connectivity index (χ2n) is 7.91. The zero-order chi connectivity index (χ0) is 21.6. The summed E-state index contributed by atoms with van der Waals surface area (Å²) in [4.78, 5) is 27.0. The van der Waals surface area contributed by atoms with E-state index in [0.717, 1.165) is 24.1 Å². The van der Waals surface area contributed by atoms with Crippen molar-refractivity contribution in [2.45, 2.75) is 38.8 Å². The fourth-order valence-electron chi connectivity index (χ4n) is 4.13. The number of ether oxygens (including phenoxy) is 1. The van der Waals surface area contributed by atoms with Crippen LogP contribution in [0.5, 0.6) is 5.75 Å². The number of piperidine rings is 1. The maximum absolute atomic E-state index is 12.7. The van der Waals surface area contributed by atoms with Gasteiger partial charge < -0.3 is 19.5 Å². The molecule has 1 N–H and O–H groups in total. The zero-order valence-corrected chi connectivity index (χ0v) is 17.9. The number of fused-ring (bicyclic) bond motifs is 1. The summed E-state index contributed by atoms with van der Waals surface area (Å²) in [6.07, 6.45) is 4.04. The van der Waals surface area contributed by atoms with Crippen molar-refractivity contribution in [3.63, 3.8) is 0 Å². The standard InChI is InChI=1S/C25H29N3O3/c1-2-31-22-9-7-20(8-10-22)25(30)28-16-12-21(13-17-28)26-24(29)14-18-27-15-11-19-5-3-4-6-23(19)27/h3-11,15,21H,2,12-14,16-18H2,1H3,(H,26,29). The summed E-state index contributed by atoms with van der Waals surface area (Å²) in [6.45, 7) is 4.51. The number of hydrogen-bond acceptors (Lipinski definition) is 3. The number of hydrogen-bond donors (Lipinski definition) is 1. The summed E-state index contributed by atoms with van der Waals surface area (Å²) in [5, 5.41) is 4.33. The topological polar surface area (TPSA) is 63.6 Å². The molecule has 1 aliphatic rings. The van der Waals surface area contributed by atoms with E-state index in [1.54, 1.807) is 0 Å². The number of carbonyl (C=O) groups is 2. The number of rotatable bonds is 7. The van der Waals surface area contributed by atoms with Crippen molar-refractivity contribution in [1.82, 2.24) is 14.8 Å². The van der Waals surface area contributed by atoms with Gasteiger partial charge in [0, 0.05) is 49.4 Å². The largest absolute Gasteiger partial charge is 0.494 e. The van der Waals surface area contributed by atoms with Crippen molar-refractivity contribution in [2.24, 2.45) is 0 Å². The Labute approximate surface area is 182 Å². The van der Waals surface area contributed by atoms with Gasteiger partial charge in [-0.25, -0.2) is 0 Å². The van der Waals surface area contributed by atoms with Crippen molar-refractivity contribution in [1.29, 1.82) is 0 Å². The Bertz CT molecular complexity index is 1030. The first-order valence-electron chi connectivity index (χ1n) is 11.0. The number of amides is 2. The average Bonchev–Trinajstić information content (AvgIpc) is 3.22. The average molecular weight is 420 g/mol. The highest BCUT2D eigenvalue weighted by Gasteiger charge is 2.24. The first-order chi connectivity index (χ1) is 15.1. The molecule has 6 heteroatoms. The molecule has 1 saturated heterocycles. The molecule has 2 aromatic carbocycles. The second kappa shape index (κ2) is 9.69. The Morgan fingerprint density at radius 1 is 1.03 bits per heavy atom. The molecule has 0 unspecified atom stereocenters. The van der Waals surface area contributed by atoms with Gasteiger partial charge in [0.1, 0.15) is 5.75 Å². The van der Waals surface area contributed by atoms with E-state index in [-0.39, 0.29) is 17.9 Å². The number of aryl methyl sites for hydroxylation is 1. The minimum Gasteiger partial charge on any atom is -0.494 e. The summed E-state index contributed by atoms with van der Waals surface area (Å²) in [5.74, 6) is 0.870. The molecule has 1 aliphatic heterocycles. The Hall–Kier alpha value is -3.28. The van der Waals surface area contributed by atoms with Gasteiger partial charge in [0.2, 0.25) is 5.91 Å². The molecule has 3 aromatic rings. The van der Waals surface area contributed by atoms with Crippen LogP contribution in [0.2, 0.25) is 0 Å². The lowest BCUT2D eigenvalue weighted by molar-refractivity contribution is -0.122. The third kappa shape index (κ3) is 5.08. The lowest BCUT2D eigenvalue weighted by atomic mass is 10.0. The molecule has 0 atom stereocenters. The van der Waals surface area contributed by atoms with Gasteiger partial charge in [0.05, 0.1) is 6.61 Å². The van der Waals surface area contributed by atoms with Crippen LogP contribution in [0.15, 0.2) is 60.8 Å². The van der Waals surface area contributed by atoms with Gasteiger partial charge in [-0.1, -0.05) is 18.2 Å². The monoisotopic (exact) mass is 419 g/mol. The van der Waals surface area contributed by atoms with E-state index < -0.39 is 0 Å². The molecular formula is C25H29N3O3. The van der Waals surface area contributed by atoms with Crippen LogP contribution in [-0.2, 0) is 11.3 Å². The van der Waals surface area contributed by atoms with Crippen LogP contribution in [0.4, 0.5) is 0 Å². The lowest BCUT2D eigenvalue weighted by Crippen LogP contribution is -2.46. The van der Waals surface area contributed by atoms with Crippen molar-refractivity contribution < 1.29 is 14.3 Å². The molecule has 0 spiro atoms. The van der Waals surface area contributed by atoms with Gasteiger partial charge in [-0.3, -0.25) is 9.59 Å². The van der Waals surface area contributed by atoms with Gasteiger partial charge >= 0.3 is 0 Å². The Morgan fingerprint density at radius 3 is 2.52 bits per heavy atom. The minimum absolute atomic E-state index is 0.0345. The van der Waals surface area contributed by atoms with E-state index in [4.69, 9.17) is 4.74 Å². The van der Waals surface area contributed by atoms with E-state index in [2.05, 4.69) is 28.1 Å². The SMILES string of the molecule is CCOc1ccc(C(=O)N2CCC(NC(=O)CCn3ccc4ccccc43)CC2)cc1. The van der Waals surface area contributed by atoms with Crippen LogP contribution in [-0.4, -0.2) is 47.0 Å². The van der Waals surface area contributed by atoms with Gasteiger partial charge in [-0.15, -0.1) is 0 Å². The molecule has 162 valence electrons. The summed E-state index contributed by atoms with van der Waals surface area (Å²) in [5.41, 5.74) is 1.82. The van der Waals surface area contributed by atoms with Crippen LogP contribution in [0.1, 0.15) is 36.5 Å². The molecule has 2 heterocycles. The first kappa shape index (κ1) is 21.0. The zero-order valence-electron chi connectivity index (χ0n) is 17.9. The van der Waals surface area contributed by atoms with Crippen molar-refractivity contribution in [2.75, 3.05) is 19.7 Å². The van der Waals surface area contributed by atoms with Gasteiger partial charge in [-0.2, -0.15) is 0 Å². The van der Waals surface area contributed by atoms with Gasteiger partial charge in [0.15, 0.2) is 0 Å². The molecular weight excluding hydrogens is 390 g/mol. The number of benzene rings is 2. The van der Waals surface area contributed by atoms with E-state index in [0.29, 0.717) is 38.2 Å². The van der Waals surface area contributed by atoms with E-state index >= 15 is 0 Å². The third-order valence-corrected chi connectivity index (χ3v) is 5.82. The van der Waals surface area contributed by atoms with Crippen molar-refractivity contribution in [3.05, 3.63) is 66.4 Å². The predicted molar refractivity (Wildman–Crippen MR) is 121 cm³/mol. The molecule has 0 saturated carbocycles. The van der Waals surface area contributed by atoms with E-state index in [9.17, 15) is 9.59 Å². The normalized spacial score (nSPS) is 14.5. The maximum atomic E-state index is 12.7. The van der Waals surface area contributed by atoms with Crippen LogP contribution < -0.4 is 10.1 Å². The Balaban J connectivity index is 1.23. The van der Waals surface area contributed by atoms with Crippen molar-refractivity contribution in [3.8, 4) is 5.75 Å². The summed E-state index contributed by atoms with van der Waals surface area (Å²) in [7, 11) is 0. The van der Waals surface area contributed by atoms with Crippen molar-refractivity contribution >= 4 is 22.7 Å². The highest BCUT2D eigenvalue weighted by atomic mass is 16.5. The van der Waals surface area contributed by atoms with E-state index in [1.165, 1.54) is 5.39 Å². The number of nitrogens with zero attached hydrogens (tertiary/aromatic N) is 2. The van der Waals surface area contributed by atoms with Crippen LogP contribution >= 0.6 is 0 Å². The Kier molecular flexibility index (Phi) is 6.55. The number of nitrogens with one attached hydrogen (secondary N) is 1. The minimum atomic E-state index is 0.0345. The molecule has 4 rings (SSSR count). The van der Waals surface area contributed by atoms with Gasteiger partial charge in [-0.05, 0) is 61.5 Å². The highest BCUT2D eigenvalue weighted by Crippen LogP contribution is 2.18. The number of likely N-dealkylation sites (tertiary alicyclic amines) is 1. The third-order valence-electron chi connectivity index (χ3n) is 5.82. The fourth-order valence-corrected chi connectivity index (χ4v) is 4.13. The smallest absolute Gasteiger partial charge is 0.253 e. The molecule has 2 amide bonds. The number of carbonyl (C=O) groups excluding carboxylic acids is 2. The molecule has 0 aliphatic carbocycles. The summed E-state index contributed by atoms with van der Waals surface area (Å²) < 4.78 is 7.55. The van der Waals surface area contributed by atoms with Crippen LogP contribution in [0.3, 0.4) is 0 Å². The molecule has 31 heavy (non-hydrogen) atoms. The van der Waals surface area contributed by atoms with Gasteiger partial charge in [0.25, 0.3) is 5.91 Å². The molecule has 1 fully saturated rings. The first-order valence-corrected chi connectivity index (χ1v) is 11.0. The molecule has 0 bridgehead atoms. The fraction of sp³-hybridized carbons (Fsp3) is 0.360. The second-order valence-corrected chi connectivity index (χ2v) is 7.91.